The summed E-state index contributed by atoms with van der Waals surface area (Å²) in [7, 11) is 0. The Labute approximate surface area is 142 Å². The number of allylic oxidation sites excluding steroid dienone is 4. The third-order valence-corrected chi connectivity index (χ3v) is 4.78. The zero-order valence-corrected chi connectivity index (χ0v) is 14.2. The largest absolute Gasteiger partial charge is 0.0827 e. The molecule has 0 bridgehead atoms. The first kappa shape index (κ1) is 15.4. The molecule has 0 aromatic heterocycles. The first-order chi connectivity index (χ1) is 10.6. The van der Waals surface area contributed by atoms with Crippen LogP contribution in [0.3, 0.4) is 0 Å². The Morgan fingerprint density at radius 1 is 0.818 bits per heavy atom. The van der Waals surface area contributed by atoms with Gasteiger partial charge in [0.25, 0.3) is 0 Å². The first-order valence-corrected chi connectivity index (χ1v) is 8.09. The summed E-state index contributed by atoms with van der Waals surface area (Å²) in [6.07, 6.45) is 5.45. The smallest absolute Gasteiger partial charge is 0.0598 e. The van der Waals surface area contributed by atoms with E-state index in [2.05, 4.69) is 50.6 Å². The molecule has 2 aromatic rings. The number of rotatable bonds is 2. The van der Waals surface area contributed by atoms with Crippen molar-refractivity contribution in [2.75, 3.05) is 0 Å². The molecule has 1 aliphatic rings. The van der Waals surface area contributed by atoms with Crippen LogP contribution in [0.4, 0.5) is 0 Å². The highest BCUT2D eigenvalue weighted by Gasteiger charge is 2.16. The molecule has 0 saturated carbocycles. The average Bonchev–Trinajstić information content (AvgIpc) is 2.51. The van der Waals surface area contributed by atoms with Gasteiger partial charge in [0.1, 0.15) is 0 Å². The predicted molar refractivity (Wildman–Crippen MR) is 97.1 cm³/mol. The first-order valence-electron chi connectivity index (χ1n) is 7.33. The third kappa shape index (κ3) is 2.99. The van der Waals surface area contributed by atoms with Crippen LogP contribution in [-0.2, 0) is 0 Å². The van der Waals surface area contributed by atoms with E-state index in [0.717, 1.165) is 12.0 Å². The Morgan fingerprint density at radius 2 is 1.50 bits per heavy atom. The van der Waals surface area contributed by atoms with Gasteiger partial charge in [0.15, 0.2) is 0 Å². The molecule has 0 unspecified atom stereocenters. The molecular weight excluding hydrogens is 311 g/mol. The van der Waals surface area contributed by atoms with E-state index in [-0.39, 0.29) is 0 Å². The maximum Gasteiger partial charge on any atom is 0.0598 e. The highest BCUT2D eigenvalue weighted by atomic mass is 35.5. The van der Waals surface area contributed by atoms with Crippen LogP contribution in [0.1, 0.15) is 30.0 Å². The van der Waals surface area contributed by atoms with E-state index in [0.29, 0.717) is 10.0 Å². The molecule has 0 nitrogen and oxygen atoms in total. The maximum absolute atomic E-state index is 6.17. The molecule has 2 heteroatoms. The van der Waals surface area contributed by atoms with Crippen molar-refractivity contribution in [3.8, 4) is 0 Å². The lowest BCUT2D eigenvalue weighted by molar-refractivity contribution is 1.24. The fourth-order valence-corrected chi connectivity index (χ4v) is 3.11. The third-order valence-electron chi connectivity index (χ3n) is 4.05. The van der Waals surface area contributed by atoms with Crippen molar-refractivity contribution < 1.29 is 0 Å². The van der Waals surface area contributed by atoms with Gasteiger partial charge in [-0.1, -0.05) is 65.2 Å². The molecule has 0 fully saturated rings. The fourth-order valence-electron chi connectivity index (χ4n) is 2.81. The van der Waals surface area contributed by atoms with Crippen LogP contribution >= 0.6 is 23.2 Å². The van der Waals surface area contributed by atoms with E-state index >= 15 is 0 Å². The van der Waals surface area contributed by atoms with E-state index in [1.807, 2.05) is 18.2 Å². The lowest BCUT2D eigenvalue weighted by Crippen LogP contribution is -1.99. The van der Waals surface area contributed by atoms with Crippen molar-refractivity contribution in [3.05, 3.63) is 87.3 Å². The van der Waals surface area contributed by atoms with Gasteiger partial charge in [-0.15, -0.1) is 0 Å². The fraction of sp³-hybridized carbons (Fsp3) is 0.150. The summed E-state index contributed by atoms with van der Waals surface area (Å²) < 4.78 is 0. The minimum Gasteiger partial charge on any atom is -0.0827 e. The summed E-state index contributed by atoms with van der Waals surface area (Å²) in [5.74, 6) is 0. The number of aryl methyl sites for hydroxylation is 1. The normalized spacial score (nSPS) is 15.0. The Kier molecular flexibility index (Phi) is 4.42. The van der Waals surface area contributed by atoms with Crippen LogP contribution in [0.5, 0.6) is 0 Å². The quantitative estimate of drug-likeness (QED) is 0.571. The van der Waals surface area contributed by atoms with E-state index in [1.165, 1.54) is 27.8 Å². The van der Waals surface area contributed by atoms with Gasteiger partial charge in [0, 0.05) is 0 Å². The summed E-state index contributed by atoms with van der Waals surface area (Å²) in [5, 5.41) is 1.19. The van der Waals surface area contributed by atoms with E-state index in [9.17, 15) is 0 Å². The van der Waals surface area contributed by atoms with Crippen molar-refractivity contribution in [2.24, 2.45) is 0 Å². The van der Waals surface area contributed by atoms with Gasteiger partial charge in [0.2, 0.25) is 0 Å². The van der Waals surface area contributed by atoms with E-state index < -0.39 is 0 Å². The number of hydrogen-bond donors (Lipinski definition) is 0. The SMILES string of the molecule is CC1=C(c2ccc(Cl)c(Cl)c2)[CH]CC=C1c1ccc(C)cc1. The van der Waals surface area contributed by atoms with Crippen molar-refractivity contribution in [3.63, 3.8) is 0 Å². The second-order valence-corrected chi connectivity index (χ2v) is 6.41. The zero-order valence-electron chi connectivity index (χ0n) is 12.7. The van der Waals surface area contributed by atoms with Crippen LogP contribution in [0.2, 0.25) is 10.0 Å². The second kappa shape index (κ2) is 6.32. The van der Waals surface area contributed by atoms with Gasteiger partial charge < -0.3 is 0 Å². The number of benzene rings is 2. The minimum absolute atomic E-state index is 0.591. The summed E-state index contributed by atoms with van der Waals surface area (Å²) in [5.41, 5.74) is 7.45. The molecule has 1 radical (unpaired) electrons. The standard InChI is InChI=1S/C20H17Cl2/c1-13-6-8-15(9-7-13)17-4-3-5-18(14(17)2)16-10-11-19(21)20(22)12-16/h4-12H,3H2,1-2H3. The van der Waals surface area contributed by atoms with Gasteiger partial charge in [-0.25, -0.2) is 0 Å². The van der Waals surface area contributed by atoms with Crippen LogP contribution in [0.25, 0.3) is 11.1 Å². The van der Waals surface area contributed by atoms with Gasteiger partial charge >= 0.3 is 0 Å². The Bertz CT molecular complexity index is 765. The van der Waals surface area contributed by atoms with Crippen molar-refractivity contribution >= 4 is 34.3 Å². The summed E-state index contributed by atoms with van der Waals surface area (Å²) in [6, 6.07) is 14.5. The highest BCUT2D eigenvalue weighted by molar-refractivity contribution is 6.42. The monoisotopic (exact) mass is 327 g/mol. The Morgan fingerprint density at radius 3 is 2.18 bits per heavy atom. The Balaban J connectivity index is 2.04. The van der Waals surface area contributed by atoms with Crippen molar-refractivity contribution in [2.45, 2.75) is 20.3 Å². The van der Waals surface area contributed by atoms with Gasteiger partial charge in [-0.3, -0.25) is 0 Å². The lowest BCUT2D eigenvalue weighted by Gasteiger charge is -2.20. The molecule has 111 valence electrons. The molecule has 0 spiro atoms. The molecule has 0 N–H and O–H groups in total. The van der Waals surface area contributed by atoms with Crippen LogP contribution < -0.4 is 0 Å². The van der Waals surface area contributed by atoms with Crippen LogP contribution in [0, 0.1) is 13.3 Å². The molecule has 0 atom stereocenters. The summed E-state index contributed by atoms with van der Waals surface area (Å²) >= 11 is 12.2. The van der Waals surface area contributed by atoms with E-state index in [1.54, 1.807) is 0 Å². The second-order valence-electron chi connectivity index (χ2n) is 5.59. The molecule has 22 heavy (non-hydrogen) atoms. The van der Waals surface area contributed by atoms with Crippen LogP contribution in [-0.4, -0.2) is 0 Å². The van der Waals surface area contributed by atoms with Gasteiger partial charge in [-0.2, -0.15) is 0 Å². The summed E-state index contributed by atoms with van der Waals surface area (Å²) in [4.78, 5) is 0. The molecule has 0 aliphatic heterocycles. The number of halogens is 2. The van der Waals surface area contributed by atoms with E-state index in [4.69, 9.17) is 23.2 Å². The van der Waals surface area contributed by atoms with Crippen LogP contribution in [0.15, 0.2) is 54.1 Å². The Hall–Kier alpha value is -1.50. The topological polar surface area (TPSA) is 0 Å². The average molecular weight is 328 g/mol. The molecule has 1 aliphatic carbocycles. The maximum atomic E-state index is 6.17. The molecule has 2 aromatic carbocycles. The predicted octanol–water partition coefficient (Wildman–Crippen LogP) is 6.77. The van der Waals surface area contributed by atoms with Crippen molar-refractivity contribution in [1.29, 1.82) is 0 Å². The van der Waals surface area contributed by atoms with Gasteiger partial charge in [-0.05, 0) is 66.7 Å². The van der Waals surface area contributed by atoms with Crippen molar-refractivity contribution in [1.82, 2.24) is 0 Å². The summed E-state index contributed by atoms with van der Waals surface area (Å²) in [6.45, 7) is 4.27. The molecule has 0 heterocycles. The molecule has 3 rings (SSSR count). The molecule has 0 saturated heterocycles. The minimum atomic E-state index is 0.591. The highest BCUT2D eigenvalue weighted by Crippen LogP contribution is 2.38. The number of hydrogen-bond acceptors (Lipinski definition) is 0. The zero-order chi connectivity index (χ0) is 15.7. The molecular formula is C20H17Cl2. The lowest BCUT2D eigenvalue weighted by atomic mass is 9.84. The molecule has 0 amide bonds. The van der Waals surface area contributed by atoms with Gasteiger partial charge in [0.05, 0.1) is 10.0 Å².